The van der Waals surface area contributed by atoms with Crippen molar-refractivity contribution in [3.63, 3.8) is 0 Å². The van der Waals surface area contributed by atoms with Gasteiger partial charge in [-0.05, 0) is 60.7 Å². The van der Waals surface area contributed by atoms with E-state index in [2.05, 4.69) is 0 Å². The van der Waals surface area contributed by atoms with Crippen LogP contribution >= 0.6 is 11.6 Å². The van der Waals surface area contributed by atoms with Crippen LogP contribution in [-0.4, -0.2) is 22.2 Å². The lowest BCUT2D eigenvalue weighted by Crippen LogP contribution is -2.04. The van der Waals surface area contributed by atoms with Gasteiger partial charge >= 0.3 is 18.1 Å². The van der Waals surface area contributed by atoms with E-state index in [0.29, 0.717) is 10.8 Å². The van der Waals surface area contributed by atoms with Gasteiger partial charge in [0.15, 0.2) is 0 Å². The lowest BCUT2D eigenvalue weighted by atomic mass is 10.1. The van der Waals surface area contributed by atoms with E-state index >= 15 is 0 Å². The molecule has 0 radical (unpaired) electrons. The summed E-state index contributed by atoms with van der Waals surface area (Å²) in [4.78, 5) is 21.2. The fourth-order valence-corrected chi connectivity index (χ4v) is 2.80. The summed E-state index contributed by atoms with van der Waals surface area (Å²) in [6, 6.07) is 17.0. The second-order valence-electron chi connectivity index (χ2n) is 6.52. The number of carboxylic acid groups (broad SMARTS) is 2. The summed E-state index contributed by atoms with van der Waals surface area (Å²) in [7, 11) is 0. The predicted molar refractivity (Wildman–Crippen MR) is 112 cm³/mol. The zero-order valence-electron chi connectivity index (χ0n) is 16.5. The van der Waals surface area contributed by atoms with E-state index in [1.54, 1.807) is 30.3 Å². The Morgan fingerprint density at radius 3 is 1.70 bits per heavy atom. The third kappa shape index (κ3) is 6.05. The molecule has 0 saturated carbocycles. The van der Waals surface area contributed by atoms with Crippen molar-refractivity contribution in [2.45, 2.75) is 6.18 Å². The first kappa shape index (κ1) is 23.7. The van der Waals surface area contributed by atoms with Crippen molar-refractivity contribution < 1.29 is 41.8 Å². The van der Waals surface area contributed by atoms with E-state index in [1.165, 1.54) is 30.3 Å². The summed E-state index contributed by atoms with van der Waals surface area (Å²) >= 11 is 5.73. The Kier molecular flexibility index (Phi) is 6.93. The van der Waals surface area contributed by atoms with Crippen LogP contribution in [-0.2, 0) is 6.18 Å². The first-order chi connectivity index (χ1) is 15.5. The molecule has 0 aliphatic heterocycles. The third-order valence-corrected chi connectivity index (χ3v) is 4.49. The van der Waals surface area contributed by atoms with E-state index in [-0.39, 0.29) is 22.8 Å². The number of aromatic carboxylic acids is 2. The van der Waals surface area contributed by atoms with Crippen molar-refractivity contribution >= 4 is 23.5 Å². The molecule has 2 heterocycles. The highest BCUT2D eigenvalue weighted by molar-refractivity contribution is 6.30. The molecule has 33 heavy (non-hydrogen) atoms. The second kappa shape index (κ2) is 9.66. The van der Waals surface area contributed by atoms with Crippen molar-refractivity contribution in [1.29, 1.82) is 0 Å². The molecule has 0 unspecified atom stereocenters. The Bertz CT molecular complexity index is 1270. The van der Waals surface area contributed by atoms with Gasteiger partial charge in [-0.15, -0.1) is 0 Å². The van der Waals surface area contributed by atoms with Gasteiger partial charge in [0, 0.05) is 16.1 Å². The summed E-state index contributed by atoms with van der Waals surface area (Å²) in [5.74, 6) is -2.13. The van der Waals surface area contributed by atoms with E-state index < -0.39 is 23.7 Å². The van der Waals surface area contributed by atoms with Crippen LogP contribution in [0.15, 0.2) is 81.6 Å². The van der Waals surface area contributed by atoms with Crippen LogP contribution in [0.25, 0.3) is 22.6 Å². The minimum Gasteiger partial charge on any atom is -0.475 e. The molecule has 2 aromatic heterocycles. The lowest BCUT2D eigenvalue weighted by molar-refractivity contribution is -0.137. The van der Waals surface area contributed by atoms with Gasteiger partial charge in [-0.2, -0.15) is 13.2 Å². The van der Waals surface area contributed by atoms with E-state index in [0.717, 1.165) is 17.7 Å². The van der Waals surface area contributed by atoms with Crippen LogP contribution in [0.4, 0.5) is 13.2 Å². The Hall–Kier alpha value is -3.98. The topological polar surface area (TPSA) is 101 Å². The van der Waals surface area contributed by atoms with E-state index in [9.17, 15) is 22.8 Å². The van der Waals surface area contributed by atoms with Crippen molar-refractivity contribution in [3.8, 4) is 22.6 Å². The quantitative estimate of drug-likeness (QED) is 0.329. The molecule has 0 aliphatic rings. The molecule has 2 N–H and O–H groups in total. The molecule has 2 aromatic carbocycles. The largest absolute Gasteiger partial charge is 0.475 e. The van der Waals surface area contributed by atoms with Gasteiger partial charge in [0.1, 0.15) is 11.5 Å². The number of carboxylic acids is 2. The maximum absolute atomic E-state index is 12.5. The summed E-state index contributed by atoms with van der Waals surface area (Å²) in [6.07, 6.45) is -4.45. The summed E-state index contributed by atoms with van der Waals surface area (Å²) in [6.45, 7) is 0. The number of halogens is 4. The molecule has 0 amide bonds. The van der Waals surface area contributed by atoms with Gasteiger partial charge < -0.3 is 19.0 Å². The lowest BCUT2D eigenvalue weighted by Gasteiger charge is -2.07. The standard InChI is InChI=1S/C12H7F3O3.C11H7ClO3/c13-12(14,15)8-3-1-2-7(6-8)9-4-5-10(18-9)11(16)17;12-8-3-1-7(2-4-8)9-5-6-10(15-9)11(13)14/h1-6H,(H,16,17);1-6H,(H,13,14). The molecular weight excluding hydrogens is 465 g/mol. The minimum absolute atomic E-state index is 0.0695. The number of carbonyl (C=O) groups is 2. The Morgan fingerprint density at radius 2 is 1.24 bits per heavy atom. The first-order valence-corrected chi connectivity index (χ1v) is 9.52. The molecule has 0 saturated heterocycles. The van der Waals surface area contributed by atoms with Gasteiger partial charge in [-0.1, -0.05) is 23.7 Å². The van der Waals surface area contributed by atoms with Gasteiger partial charge in [-0.25, -0.2) is 9.59 Å². The minimum atomic E-state index is -4.45. The molecule has 10 heteroatoms. The van der Waals surface area contributed by atoms with Gasteiger partial charge in [-0.3, -0.25) is 0 Å². The van der Waals surface area contributed by atoms with Crippen LogP contribution in [0.3, 0.4) is 0 Å². The summed E-state index contributed by atoms with van der Waals surface area (Å²) < 4.78 is 47.5. The molecule has 4 aromatic rings. The average molecular weight is 479 g/mol. The fourth-order valence-electron chi connectivity index (χ4n) is 2.68. The highest BCUT2D eigenvalue weighted by Gasteiger charge is 2.30. The number of hydrogen-bond acceptors (Lipinski definition) is 4. The van der Waals surface area contributed by atoms with Gasteiger partial charge in [0.05, 0.1) is 5.56 Å². The van der Waals surface area contributed by atoms with E-state index in [1.807, 2.05) is 0 Å². The third-order valence-electron chi connectivity index (χ3n) is 4.24. The predicted octanol–water partition coefficient (Wildman–Crippen LogP) is 6.96. The molecule has 0 aliphatic carbocycles. The van der Waals surface area contributed by atoms with Crippen LogP contribution < -0.4 is 0 Å². The normalized spacial score (nSPS) is 10.9. The van der Waals surface area contributed by atoms with E-state index in [4.69, 9.17) is 30.6 Å². The maximum atomic E-state index is 12.5. The van der Waals surface area contributed by atoms with Crippen molar-refractivity contribution in [1.82, 2.24) is 0 Å². The highest BCUT2D eigenvalue weighted by atomic mass is 35.5. The molecule has 4 rings (SSSR count). The van der Waals surface area contributed by atoms with Gasteiger partial charge in [0.25, 0.3) is 0 Å². The smallest absolute Gasteiger partial charge is 0.416 e. The summed E-state index contributed by atoms with van der Waals surface area (Å²) in [5.41, 5.74) is 0.164. The van der Waals surface area contributed by atoms with Crippen molar-refractivity contribution in [2.75, 3.05) is 0 Å². The number of hydrogen-bond donors (Lipinski definition) is 2. The highest BCUT2D eigenvalue weighted by Crippen LogP contribution is 2.32. The zero-order chi connectivity index (χ0) is 24.2. The van der Waals surface area contributed by atoms with Crippen LogP contribution in [0.2, 0.25) is 5.02 Å². The average Bonchev–Trinajstić information content (AvgIpc) is 3.45. The van der Waals surface area contributed by atoms with Crippen LogP contribution in [0, 0.1) is 0 Å². The Balaban J connectivity index is 0.000000189. The summed E-state index contributed by atoms with van der Waals surface area (Å²) in [5, 5.41) is 18.0. The van der Waals surface area contributed by atoms with Gasteiger partial charge in [0.2, 0.25) is 11.5 Å². The Morgan fingerprint density at radius 1 is 0.727 bits per heavy atom. The second-order valence-corrected chi connectivity index (χ2v) is 6.96. The number of furan rings is 2. The van der Waals surface area contributed by atoms with Crippen molar-refractivity contribution in [2.24, 2.45) is 0 Å². The molecule has 170 valence electrons. The molecule has 6 nitrogen and oxygen atoms in total. The SMILES string of the molecule is O=C(O)c1ccc(-c2ccc(Cl)cc2)o1.O=C(O)c1ccc(-c2cccc(C(F)(F)F)c2)o1. The molecule has 0 bridgehead atoms. The first-order valence-electron chi connectivity index (χ1n) is 9.14. The molecule has 0 atom stereocenters. The van der Waals surface area contributed by atoms with Crippen molar-refractivity contribution in [3.05, 3.63) is 94.9 Å². The zero-order valence-corrected chi connectivity index (χ0v) is 17.2. The maximum Gasteiger partial charge on any atom is 0.416 e. The number of benzene rings is 2. The number of alkyl halides is 3. The monoisotopic (exact) mass is 478 g/mol. The fraction of sp³-hybridized carbons (Fsp3) is 0.0435. The molecular formula is C23H14ClF3O6. The number of rotatable bonds is 4. The van der Waals surface area contributed by atoms with Crippen LogP contribution in [0.5, 0.6) is 0 Å². The molecule has 0 spiro atoms. The van der Waals surface area contributed by atoms with Crippen LogP contribution in [0.1, 0.15) is 26.7 Å². The Labute approximate surface area is 189 Å². The molecule has 0 fully saturated rings.